The van der Waals surface area contributed by atoms with Gasteiger partial charge >= 0.3 is 0 Å². The molecular formula is C18H29N3O2. The molecule has 1 saturated heterocycles. The molecule has 1 unspecified atom stereocenters. The molecule has 5 nitrogen and oxygen atoms in total. The number of methoxy groups -OCH3 is 1. The van der Waals surface area contributed by atoms with Gasteiger partial charge in [0.1, 0.15) is 0 Å². The number of benzene rings is 1. The molecule has 1 aromatic rings. The molecule has 5 heteroatoms. The number of hydrogen-bond acceptors (Lipinski definition) is 4. The minimum Gasteiger partial charge on any atom is -0.383 e. The number of carbonyl (C=O) groups is 1. The smallest absolute Gasteiger partial charge is 0.238 e. The summed E-state index contributed by atoms with van der Waals surface area (Å²) in [5.41, 5.74) is 0.861. The monoisotopic (exact) mass is 319 g/mol. The first kappa shape index (κ1) is 17.9. The van der Waals surface area contributed by atoms with Crippen LogP contribution in [0, 0.1) is 0 Å². The van der Waals surface area contributed by atoms with E-state index in [1.54, 1.807) is 7.11 Å². The fraction of sp³-hybridized carbons (Fsp3) is 0.611. The second kappa shape index (κ2) is 9.65. The van der Waals surface area contributed by atoms with E-state index in [1.165, 1.54) is 0 Å². The predicted molar refractivity (Wildman–Crippen MR) is 93.6 cm³/mol. The summed E-state index contributed by atoms with van der Waals surface area (Å²) in [6, 6.07) is 10.6. The number of hydrogen-bond donors (Lipinski definition) is 2. The minimum absolute atomic E-state index is 0.0634. The number of rotatable bonds is 8. The van der Waals surface area contributed by atoms with E-state index in [1.807, 2.05) is 30.3 Å². The molecule has 0 aromatic heterocycles. The highest BCUT2D eigenvalue weighted by molar-refractivity contribution is 5.92. The van der Waals surface area contributed by atoms with Crippen LogP contribution < -0.4 is 10.6 Å². The lowest BCUT2D eigenvalue weighted by molar-refractivity contribution is -0.117. The van der Waals surface area contributed by atoms with Gasteiger partial charge in [-0.2, -0.15) is 0 Å². The number of piperidine rings is 1. The standard InChI is InChI=1S/C18H29N3O2/c1-3-15(14-23-2)19-17-9-11-21(12-10-17)13-18(22)20-16-7-5-4-6-8-16/h4-8,15,17,19H,3,9-14H2,1-2H3,(H,20,22). The van der Waals surface area contributed by atoms with E-state index in [4.69, 9.17) is 4.74 Å². The van der Waals surface area contributed by atoms with Crippen LogP contribution >= 0.6 is 0 Å². The first-order chi connectivity index (χ1) is 11.2. The summed E-state index contributed by atoms with van der Waals surface area (Å²) in [6.45, 7) is 5.33. The zero-order valence-corrected chi connectivity index (χ0v) is 14.3. The summed E-state index contributed by atoms with van der Waals surface area (Å²) in [7, 11) is 1.75. The molecule has 1 aliphatic rings. The van der Waals surface area contributed by atoms with Crippen molar-refractivity contribution in [1.82, 2.24) is 10.2 Å². The van der Waals surface area contributed by atoms with Gasteiger partial charge in [0.15, 0.2) is 0 Å². The molecule has 1 aromatic carbocycles. The number of amides is 1. The lowest BCUT2D eigenvalue weighted by Gasteiger charge is -2.34. The van der Waals surface area contributed by atoms with Crippen LogP contribution in [0.3, 0.4) is 0 Å². The first-order valence-electron chi connectivity index (χ1n) is 8.53. The Bertz CT molecular complexity index is 459. The van der Waals surface area contributed by atoms with Gasteiger partial charge in [-0.1, -0.05) is 25.1 Å². The van der Waals surface area contributed by atoms with Crippen LogP contribution in [0.15, 0.2) is 30.3 Å². The molecule has 0 radical (unpaired) electrons. The Balaban J connectivity index is 1.69. The fourth-order valence-electron chi connectivity index (χ4n) is 3.00. The molecule has 0 bridgehead atoms. The number of anilines is 1. The van der Waals surface area contributed by atoms with E-state index >= 15 is 0 Å². The SMILES string of the molecule is CCC(COC)NC1CCN(CC(=O)Nc2ccccc2)CC1. The normalized spacial score (nSPS) is 17.8. The lowest BCUT2D eigenvalue weighted by atomic mass is 10.0. The van der Waals surface area contributed by atoms with Crippen LogP contribution in [0.1, 0.15) is 26.2 Å². The Morgan fingerprint density at radius 1 is 1.30 bits per heavy atom. The number of nitrogens with zero attached hydrogens (tertiary/aromatic N) is 1. The first-order valence-corrected chi connectivity index (χ1v) is 8.53. The van der Waals surface area contributed by atoms with Crippen molar-refractivity contribution in [2.45, 2.75) is 38.3 Å². The fourth-order valence-corrected chi connectivity index (χ4v) is 3.00. The highest BCUT2D eigenvalue weighted by atomic mass is 16.5. The maximum Gasteiger partial charge on any atom is 0.238 e. The molecule has 23 heavy (non-hydrogen) atoms. The molecule has 0 saturated carbocycles. The maximum absolute atomic E-state index is 12.1. The molecule has 1 aliphatic heterocycles. The summed E-state index contributed by atoms with van der Waals surface area (Å²) in [4.78, 5) is 14.3. The van der Waals surface area contributed by atoms with Gasteiger partial charge in [-0.05, 0) is 31.4 Å². The summed E-state index contributed by atoms with van der Waals surface area (Å²) in [6.07, 6.45) is 3.24. The van der Waals surface area contributed by atoms with Crippen LogP contribution in [-0.4, -0.2) is 56.2 Å². The third-order valence-corrected chi connectivity index (χ3v) is 4.34. The average Bonchev–Trinajstić information content (AvgIpc) is 2.57. The van der Waals surface area contributed by atoms with Crippen LogP contribution in [0.25, 0.3) is 0 Å². The Kier molecular flexibility index (Phi) is 7.52. The molecule has 1 atom stereocenters. The summed E-state index contributed by atoms with van der Waals surface area (Å²) in [5.74, 6) is 0.0634. The van der Waals surface area contributed by atoms with Crippen molar-refractivity contribution < 1.29 is 9.53 Å². The van der Waals surface area contributed by atoms with E-state index in [-0.39, 0.29) is 5.91 Å². The summed E-state index contributed by atoms with van der Waals surface area (Å²) in [5, 5.41) is 6.61. The topological polar surface area (TPSA) is 53.6 Å². The minimum atomic E-state index is 0.0634. The van der Waals surface area contributed by atoms with E-state index < -0.39 is 0 Å². The Hall–Kier alpha value is -1.43. The van der Waals surface area contributed by atoms with Gasteiger partial charge in [0, 0.05) is 38.0 Å². The average molecular weight is 319 g/mol. The largest absolute Gasteiger partial charge is 0.383 e. The number of nitrogens with one attached hydrogen (secondary N) is 2. The number of carbonyl (C=O) groups excluding carboxylic acids is 1. The van der Waals surface area contributed by atoms with E-state index in [0.717, 1.165) is 44.6 Å². The van der Waals surface area contributed by atoms with Crippen LogP contribution in [-0.2, 0) is 9.53 Å². The molecule has 1 fully saturated rings. The Morgan fingerprint density at radius 2 is 2.00 bits per heavy atom. The Morgan fingerprint density at radius 3 is 2.61 bits per heavy atom. The van der Waals surface area contributed by atoms with E-state index in [9.17, 15) is 4.79 Å². The van der Waals surface area contributed by atoms with Crippen molar-refractivity contribution in [1.29, 1.82) is 0 Å². The lowest BCUT2D eigenvalue weighted by Crippen LogP contribution is -2.48. The van der Waals surface area contributed by atoms with Crippen LogP contribution in [0.5, 0.6) is 0 Å². The molecule has 128 valence electrons. The van der Waals surface area contributed by atoms with Gasteiger partial charge < -0.3 is 15.4 Å². The number of para-hydroxylation sites is 1. The molecule has 0 spiro atoms. The second-order valence-corrected chi connectivity index (χ2v) is 6.19. The predicted octanol–water partition coefficient (Wildman–Crippen LogP) is 2.10. The zero-order valence-electron chi connectivity index (χ0n) is 14.3. The van der Waals surface area contributed by atoms with Gasteiger partial charge in [0.2, 0.25) is 5.91 Å². The third-order valence-electron chi connectivity index (χ3n) is 4.34. The van der Waals surface area contributed by atoms with Crippen molar-refractivity contribution in [3.63, 3.8) is 0 Å². The third kappa shape index (κ3) is 6.29. The summed E-state index contributed by atoms with van der Waals surface area (Å²) >= 11 is 0. The van der Waals surface area contributed by atoms with Crippen LogP contribution in [0.2, 0.25) is 0 Å². The van der Waals surface area contributed by atoms with Gasteiger partial charge in [0.25, 0.3) is 0 Å². The van der Waals surface area contributed by atoms with Crippen molar-refractivity contribution in [2.24, 2.45) is 0 Å². The zero-order chi connectivity index (χ0) is 16.5. The molecule has 1 heterocycles. The number of ether oxygens (including phenoxy) is 1. The van der Waals surface area contributed by atoms with Gasteiger partial charge in [-0.25, -0.2) is 0 Å². The van der Waals surface area contributed by atoms with E-state index in [2.05, 4.69) is 22.5 Å². The van der Waals surface area contributed by atoms with Crippen molar-refractivity contribution in [2.75, 3.05) is 38.7 Å². The molecule has 2 N–H and O–H groups in total. The number of likely N-dealkylation sites (tertiary alicyclic amines) is 1. The molecular weight excluding hydrogens is 290 g/mol. The van der Waals surface area contributed by atoms with Gasteiger partial charge in [0.05, 0.1) is 13.2 Å². The van der Waals surface area contributed by atoms with Crippen LogP contribution in [0.4, 0.5) is 5.69 Å². The second-order valence-electron chi connectivity index (χ2n) is 6.19. The van der Waals surface area contributed by atoms with Gasteiger partial charge in [-0.15, -0.1) is 0 Å². The maximum atomic E-state index is 12.1. The van der Waals surface area contributed by atoms with Crippen molar-refractivity contribution in [3.8, 4) is 0 Å². The molecule has 1 amide bonds. The highest BCUT2D eigenvalue weighted by Gasteiger charge is 2.22. The quantitative estimate of drug-likeness (QED) is 0.770. The van der Waals surface area contributed by atoms with E-state index in [0.29, 0.717) is 18.6 Å². The van der Waals surface area contributed by atoms with Crippen molar-refractivity contribution >= 4 is 11.6 Å². The molecule has 2 rings (SSSR count). The Labute approximate surface area is 139 Å². The molecule has 0 aliphatic carbocycles. The highest BCUT2D eigenvalue weighted by Crippen LogP contribution is 2.12. The summed E-state index contributed by atoms with van der Waals surface area (Å²) < 4.78 is 5.24. The van der Waals surface area contributed by atoms with Crippen molar-refractivity contribution in [3.05, 3.63) is 30.3 Å². The van der Waals surface area contributed by atoms with Gasteiger partial charge in [-0.3, -0.25) is 9.69 Å².